The zero-order valence-electron chi connectivity index (χ0n) is 8.66. The van der Waals surface area contributed by atoms with Gasteiger partial charge in [-0.1, -0.05) is 20.3 Å². The molecule has 1 nitrogen and oxygen atoms in total. The van der Waals surface area contributed by atoms with Gasteiger partial charge in [0.15, 0.2) is 0 Å². The normalized spacial score (nSPS) is 64.4. The Kier molecular flexibility index (Phi) is 1.47. The smallest absolute Gasteiger partial charge is 0.0576 e. The van der Waals surface area contributed by atoms with Crippen LogP contribution < -0.4 is 0 Å². The van der Waals surface area contributed by atoms with Crippen molar-refractivity contribution in [2.24, 2.45) is 29.1 Å². The van der Waals surface area contributed by atoms with E-state index in [4.69, 9.17) is 0 Å². The maximum atomic E-state index is 9.95. The van der Waals surface area contributed by atoms with Gasteiger partial charge in [-0.25, -0.2) is 0 Å². The minimum atomic E-state index is 0.0341. The summed E-state index contributed by atoms with van der Waals surface area (Å²) in [7, 11) is 0. The van der Waals surface area contributed by atoms with Crippen molar-refractivity contribution < 1.29 is 5.11 Å². The number of hydrogen-bond acceptors (Lipinski definition) is 1. The zero-order valence-corrected chi connectivity index (χ0v) is 8.66. The monoisotopic (exact) mass is 180 g/mol. The molecule has 6 atom stereocenters. The fourth-order valence-corrected chi connectivity index (χ4v) is 4.85. The molecule has 13 heavy (non-hydrogen) atoms. The highest BCUT2D eigenvalue weighted by Gasteiger charge is 2.66. The average Bonchev–Trinajstić information content (AvgIpc) is 2.50. The van der Waals surface area contributed by atoms with Crippen molar-refractivity contribution in [2.45, 2.75) is 45.6 Å². The third-order valence-electron chi connectivity index (χ3n) is 5.47. The van der Waals surface area contributed by atoms with Crippen molar-refractivity contribution in [1.29, 1.82) is 0 Å². The van der Waals surface area contributed by atoms with Gasteiger partial charge in [-0.05, 0) is 48.3 Å². The molecule has 0 saturated heterocycles. The number of aliphatic hydroxyl groups excluding tert-OH is 1. The van der Waals surface area contributed by atoms with Crippen LogP contribution in [0.25, 0.3) is 0 Å². The second kappa shape index (κ2) is 2.31. The van der Waals surface area contributed by atoms with Crippen LogP contribution in [0, 0.1) is 29.1 Å². The summed E-state index contributed by atoms with van der Waals surface area (Å²) in [5.74, 6) is 3.39. The fraction of sp³-hybridized carbons (Fsp3) is 1.00. The van der Waals surface area contributed by atoms with Gasteiger partial charge in [-0.3, -0.25) is 0 Å². The van der Waals surface area contributed by atoms with Crippen LogP contribution in [-0.4, -0.2) is 11.2 Å². The van der Waals surface area contributed by atoms with Gasteiger partial charge < -0.3 is 5.11 Å². The predicted octanol–water partition coefficient (Wildman–Crippen LogP) is 2.44. The Balaban J connectivity index is 1.92. The number of rotatable bonds is 0. The van der Waals surface area contributed by atoms with Crippen molar-refractivity contribution in [1.82, 2.24) is 0 Å². The van der Waals surface area contributed by atoms with E-state index >= 15 is 0 Å². The summed E-state index contributed by atoms with van der Waals surface area (Å²) in [6.07, 6.45) is 5.24. The summed E-state index contributed by atoms with van der Waals surface area (Å²) >= 11 is 0. The van der Waals surface area contributed by atoms with Crippen molar-refractivity contribution in [2.75, 3.05) is 0 Å². The summed E-state index contributed by atoms with van der Waals surface area (Å²) in [4.78, 5) is 0. The molecule has 3 aliphatic rings. The number of fused-ring (bicyclic) bond motifs is 4. The Morgan fingerprint density at radius 2 is 2.00 bits per heavy atom. The van der Waals surface area contributed by atoms with E-state index in [9.17, 15) is 5.11 Å². The van der Waals surface area contributed by atoms with E-state index in [1.54, 1.807) is 0 Å². The quantitative estimate of drug-likeness (QED) is 0.607. The molecule has 0 bridgehead atoms. The Hall–Kier alpha value is -0.0400. The Labute approximate surface area is 80.5 Å². The van der Waals surface area contributed by atoms with Crippen LogP contribution in [-0.2, 0) is 0 Å². The van der Waals surface area contributed by atoms with Crippen LogP contribution in [0.4, 0.5) is 0 Å². The lowest BCUT2D eigenvalue weighted by Gasteiger charge is -2.56. The Morgan fingerprint density at radius 1 is 1.23 bits per heavy atom. The predicted molar refractivity (Wildman–Crippen MR) is 52.2 cm³/mol. The van der Waals surface area contributed by atoms with Crippen LogP contribution in [0.1, 0.15) is 39.5 Å². The van der Waals surface area contributed by atoms with Crippen LogP contribution >= 0.6 is 0 Å². The van der Waals surface area contributed by atoms with Gasteiger partial charge in [0.1, 0.15) is 0 Å². The van der Waals surface area contributed by atoms with E-state index in [1.165, 1.54) is 19.3 Å². The molecule has 1 heteroatoms. The molecule has 74 valence electrons. The van der Waals surface area contributed by atoms with Crippen molar-refractivity contribution in [3.8, 4) is 0 Å². The molecule has 3 aliphatic carbocycles. The lowest BCUT2D eigenvalue weighted by Crippen LogP contribution is -2.54. The lowest BCUT2D eigenvalue weighted by atomic mass is 9.48. The standard InChI is InChI=1S/C12H20O/c1-7-3-4-8-10(7)11-9(13)5-6-12(8,11)2/h7-11,13H,3-6H2,1-2H3/t7-,8+,9+,10-,11+,12-/m1/s1. The SMILES string of the molecule is C[C@@H]1CC[C@H]2[C@@H]1[C@@H]1[C@@H](O)CC[C@@]12C. The molecule has 0 amide bonds. The number of hydrogen-bond donors (Lipinski definition) is 1. The first-order valence-electron chi connectivity index (χ1n) is 5.82. The number of aliphatic hydroxyl groups is 1. The minimum absolute atomic E-state index is 0.0341. The molecule has 3 saturated carbocycles. The topological polar surface area (TPSA) is 20.2 Å². The zero-order chi connectivity index (χ0) is 9.22. The van der Waals surface area contributed by atoms with E-state index in [-0.39, 0.29) is 6.10 Å². The van der Waals surface area contributed by atoms with E-state index in [2.05, 4.69) is 13.8 Å². The highest BCUT2D eigenvalue weighted by Crippen LogP contribution is 2.70. The molecule has 0 aromatic carbocycles. The molecule has 0 aliphatic heterocycles. The van der Waals surface area contributed by atoms with Gasteiger partial charge in [-0.2, -0.15) is 0 Å². The maximum Gasteiger partial charge on any atom is 0.0576 e. The largest absolute Gasteiger partial charge is 0.393 e. The molecule has 3 rings (SSSR count). The summed E-state index contributed by atoms with van der Waals surface area (Å²) in [5, 5.41) is 9.95. The third-order valence-corrected chi connectivity index (χ3v) is 5.47. The highest BCUT2D eigenvalue weighted by molar-refractivity contribution is 5.14. The fourth-order valence-electron chi connectivity index (χ4n) is 4.85. The molecular weight excluding hydrogens is 160 g/mol. The first-order valence-corrected chi connectivity index (χ1v) is 5.82. The van der Waals surface area contributed by atoms with E-state index < -0.39 is 0 Å². The summed E-state index contributed by atoms with van der Waals surface area (Å²) in [6.45, 7) is 4.81. The van der Waals surface area contributed by atoms with Crippen molar-refractivity contribution in [3.05, 3.63) is 0 Å². The van der Waals surface area contributed by atoms with Gasteiger partial charge in [0.2, 0.25) is 0 Å². The molecule has 1 N–H and O–H groups in total. The van der Waals surface area contributed by atoms with Gasteiger partial charge in [0.05, 0.1) is 6.10 Å². The Bertz CT molecular complexity index is 237. The van der Waals surface area contributed by atoms with Crippen LogP contribution in [0.2, 0.25) is 0 Å². The average molecular weight is 180 g/mol. The van der Waals surface area contributed by atoms with Gasteiger partial charge in [0, 0.05) is 0 Å². The van der Waals surface area contributed by atoms with E-state index in [0.29, 0.717) is 11.3 Å². The van der Waals surface area contributed by atoms with Crippen LogP contribution in [0.15, 0.2) is 0 Å². The molecular formula is C12H20O. The van der Waals surface area contributed by atoms with Crippen LogP contribution in [0.3, 0.4) is 0 Å². The molecule has 0 aromatic heterocycles. The first-order chi connectivity index (χ1) is 6.14. The second-order valence-corrected chi connectivity index (χ2v) is 5.88. The lowest BCUT2D eigenvalue weighted by molar-refractivity contribution is -0.120. The van der Waals surface area contributed by atoms with Crippen LogP contribution in [0.5, 0.6) is 0 Å². The minimum Gasteiger partial charge on any atom is -0.393 e. The molecule has 0 unspecified atom stereocenters. The van der Waals surface area contributed by atoms with Gasteiger partial charge in [0.25, 0.3) is 0 Å². The molecule has 0 heterocycles. The van der Waals surface area contributed by atoms with Crippen molar-refractivity contribution >= 4 is 0 Å². The maximum absolute atomic E-state index is 9.95. The van der Waals surface area contributed by atoms with Crippen molar-refractivity contribution in [3.63, 3.8) is 0 Å². The summed E-state index contributed by atoms with van der Waals surface area (Å²) in [6, 6.07) is 0. The van der Waals surface area contributed by atoms with Gasteiger partial charge >= 0.3 is 0 Å². The third kappa shape index (κ3) is 0.782. The highest BCUT2D eigenvalue weighted by atomic mass is 16.3. The molecule has 0 spiro atoms. The van der Waals surface area contributed by atoms with E-state index in [0.717, 1.165) is 24.2 Å². The Morgan fingerprint density at radius 3 is 2.77 bits per heavy atom. The molecule has 3 fully saturated rings. The van der Waals surface area contributed by atoms with Gasteiger partial charge in [-0.15, -0.1) is 0 Å². The summed E-state index contributed by atoms with van der Waals surface area (Å²) in [5.41, 5.74) is 0.537. The molecule has 0 aromatic rings. The van der Waals surface area contributed by atoms with E-state index in [1.807, 2.05) is 0 Å². The first kappa shape index (κ1) is 8.28. The molecule has 0 radical (unpaired) electrons. The summed E-state index contributed by atoms with van der Waals surface area (Å²) < 4.78 is 0. The second-order valence-electron chi connectivity index (χ2n) is 5.88.